The molecule has 2 heterocycles. The minimum Gasteiger partial charge on any atom is -0.383 e. The highest BCUT2D eigenvalue weighted by molar-refractivity contribution is 5.55. The van der Waals surface area contributed by atoms with E-state index >= 15 is 0 Å². The fourth-order valence-corrected chi connectivity index (χ4v) is 3.99. The zero-order chi connectivity index (χ0) is 19.9. The maximum atomic E-state index is 5.22. The number of nitrogens with zero attached hydrogens (tertiary/aromatic N) is 6. The van der Waals surface area contributed by atoms with E-state index in [4.69, 9.17) is 4.74 Å². The lowest BCUT2D eigenvalue weighted by Gasteiger charge is -2.40. The largest absolute Gasteiger partial charge is 0.383 e. The fourth-order valence-electron chi connectivity index (χ4n) is 3.99. The quantitative estimate of drug-likeness (QED) is 0.660. The number of aryl methyl sites for hydroxylation is 2. The van der Waals surface area contributed by atoms with Crippen LogP contribution in [-0.4, -0.2) is 65.0 Å². The topological polar surface area (TPSA) is 59.3 Å². The minimum atomic E-state index is 0.271. The molecule has 1 aromatic heterocycles. The number of unbranched alkanes of at least 4 members (excludes halogenated alkanes) is 1. The molecule has 0 aliphatic carbocycles. The van der Waals surface area contributed by atoms with Crippen molar-refractivity contribution in [2.45, 2.75) is 52.6 Å². The van der Waals surface area contributed by atoms with Crippen molar-refractivity contribution >= 4 is 5.69 Å². The monoisotopic (exact) mass is 386 g/mol. The third-order valence-corrected chi connectivity index (χ3v) is 5.66. The highest BCUT2D eigenvalue weighted by atomic mass is 16.5. The number of aromatic nitrogens is 4. The Morgan fingerprint density at radius 1 is 1.14 bits per heavy atom. The molecule has 1 aliphatic rings. The number of tetrazole rings is 1. The number of anilines is 1. The maximum Gasteiger partial charge on any atom is 0.168 e. The molecule has 0 amide bonds. The fraction of sp³-hybridized carbons (Fsp3) is 0.667. The number of benzene rings is 1. The highest BCUT2D eigenvalue weighted by Gasteiger charge is 2.29. The number of rotatable bonds is 9. The van der Waals surface area contributed by atoms with Crippen LogP contribution in [-0.2, 0) is 11.3 Å². The molecule has 0 saturated carbocycles. The summed E-state index contributed by atoms with van der Waals surface area (Å²) in [6, 6.07) is 7.00. The van der Waals surface area contributed by atoms with Crippen LogP contribution in [0.1, 0.15) is 49.2 Å². The van der Waals surface area contributed by atoms with Crippen LogP contribution in [0.3, 0.4) is 0 Å². The summed E-state index contributed by atoms with van der Waals surface area (Å²) in [6.07, 6.45) is 3.45. The van der Waals surface area contributed by atoms with Gasteiger partial charge in [0, 0.05) is 39.0 Å². The number of hydrogen-bond donors (Lipinski definition) is 0. The lowest BCUT2D eigenvalue weighted by atomic mass is 10.1. The van der Waals surface area contributed by atoms with Gasteiger partial charge >= 0.3 is 0 Å². The van der Waals surface area contributed by atoms with E-state index in [9.17, 15) is 0 Å². The van der Waals surface area contributed by atoms with E-state index in [0.29, 0.717) is 13.2 Å². The van der Waals surface area contributed by atoms with Gasteiger partial charge in [-0.25, -0.2) is 4.68 Å². The normalized spacial score (nSPS) is 16.5. The van der Waals surface area contributed by atoms with E-state index in [1.807, 2.05) is 4.68 Å². The molecule has 1 atom stereocenters. The van der Waals surface area contributed by atoms with Crippen LogP contribution in [0.5, 0.6) is 0 Å². The lowest BCUT2D eigenvalue weighted by Crippen LogP contribution is -2.48. The van der Waals surface area contributed by atoms with Crippen molar-refractivity contribution in [1.82, 2.24) is 25.1 Å². The molecule has 1 aliphatic heterocycles. The van der Waals surface area contributed by atoms with Gasteiger partial charge in [0.2, 0.25) is 0 Å². The minimum absolute atomic E-state index is 0.271. The Morgan fingerprint density at radius 2 is 1.93 bits per heavy atom. The summed E-state index contributed by atoms with van der Waals surface area (Å²) in [5.41, 5.74) is 4.04. The molecule has 0 radical (unpaired) electrons. The zero-order valence-corrected chi connectivity index (χ0v) is 17.8. The SMILES string of the molecule is CCCCC(c1nnnn1CCOC)N1CCN(c2cc(C)ccc2C)CC1. The number of hydrogen-bond acceptors (Lipinski definition) is 6. The van der Waals surface area contributed by atoms with E-state index in [0.717, 1.165) is 38.4 Å². The number of methoxy groups -OCH3 is 1. The van der Waals surface area contributed by atoms with E-state index in [2.05, 4.69) is 64.3 Å². The van der Waals surface area contributed by atoms with E-state index in [1.54, 1.807) is 7.11 Å². The molecule has 0 N–H and O–H groups in total. The van der Waals surface area contributed by atoms with Crippen LogP contribution in [0.25, 0.3) is 0 Å². The van der Waals surface area contributed by atoms with Crippen LogP contribution >= 0.6 is 0 Å². The third-order valence-electron chi connectivity index (χ3n) is 5.66. The van der Waals surface area contributed by atoms with Gasteiger partial charge in [-0.05, 0) is 47.9 Å². The molecule has 7 heteroatoms. The Kier molecular flexibility index (Phi) is 7.39. The Labute approximate surface area is 168 Å². The predicted octanol–water partition coefficient (Wildman–Crippen LogP) is 2.99. The first-order valence-electron chi connectivity index (χ1n) is 10.4. The Bertz CT molecular complexity index is 738. The van der Waals surface area contributed by atoms with Crippen molar-refractivity contribution in [2.75, 3.05) is 44.8 Å². The molecule has 28 heavy (non-hydrogen) atoms. The van der Waals surface area contributed by atoms with Crippen molar-refractivity contribution in [3.8, 4) is 0 Å². The second-order valence-electron chi connectivity index (χ2n) is 7.72. The first-order chi connectivity index (χ1) is 13.6. The number of ether oxygens (including phenoxy) is 1. The van der Waals surface area contributed by atoms with Crippen molar-refractivity contribution in [1.29, 1.82) is 0 Å². The van der Waals surface area contributed by atoms with Gasteiger partial charge in [-0.1, -0.05) is 31.9 Å². The number of piperazine rings is 1. The van der Waals surface area contributed by atoms with Crippen LogP contribution in [0.15, 0.2) is 18.2 Å². The Hall–Kier alpha value is -1.99. The molecule has 7 nitrogen and oxygen atoms in total. The van der Waals surface area contributed by atoms with Crippen LogP contribution in [0.2, 0.25) is 0 Å². The van der Waals surface area contributed by atoms with E-state index < -0.39 is 0 Å². The van der Waals surface area contributed by atoms with Gasteiger partial charge in [0.05, 0.1) is 19.2 Å². The molecule has 2 aromatic rings. The standard InChI is InChI=1S/C21H34N6O/c1-5-6-7-19(21-22-23-24-27(21)14-15-28-4)25-10-12-26(13-11-25)20-16-17(2)8-9-18(20)3/h8-9,16,19H,5-7,10-15H2,1-4H3. The first-order valence-corrected chi connectivity index (χ1v) is 10.4. The average molecular weight is 387 g/mol. The van der Waals surface area contributed by atoms with Gasteiger partial charge in [0.1, 0.15) is 0 Å². The Morgan fingerprint density at radius 3 is 2.64 bits per heavy atom. The summed E-state index contributed by atoms with van der Waals surface area (Å²) in [4.78, 5) is 5.08. The summed E-state index contributed by atoms with van der Waals surface area (Å²) < 4.78 is 7.14. The Balaban J connectivity index is 1.71. The molecule has 1 saturated heterocycles. The third kappa shape index (κ3) is 4.89. The first kappa shape index (κ1) is 20.7. The average Bonchev–Trinajstić information content (AvgIpc) is 3.17. The summed E-state index contributed by atoms with van der Waals surface area (Å²) in [6.45, 7) is 12.1. The molecule has 3 rings (SSSR count). The van der Waals surface area contributed by atoms with Crippen molar-refractivity contribution in [3.63, 3.8) is 0 Å². The van der Waals surface area contributed by atoms with Crippen LogP contribution in [0.4, 0.5) is 5.69 Å². The second-order valence-corrected chi connectivity index (χ2v) is 7.72. The van der Waals surface area contributed by atoms with Gasteiger partial charge in [-0.15, -0.1) is 5.10 Å². The highest BCUT2D eigenvalue weighted by Crippen LogP contribution is 2.28. The molecule has 1 aromatic carbocycles. The van der Waals surface area contributed by atoms with Crippen LogP contribution in [0, 0.1) is 13.8 Å². The summed E-state index contributed by atoms with van der Waals surface area (Å²) in [5, 5.41) is 12.5. The molecular formula is C21H34N6O. The molecule has 1 fully saturated rings. The molecule has 154 valence electrons. The van der Waals surface area contributed by atoms with Crippen molar-refractivity contribution < 1.29 is 4.74 Å². The lowest BCUT2D eigenvalue weighted by molar-refractivity contribution is 0.152. The summed E-state index contributed by atoms with van der Waals surface area (Å²) >= 11 is 0. The predicted molar refractivity (Wildman–Crippen MR) is 112 cm³/mol. The van der Waals surface area contributed by atoms with Crippen molar-refractivity contribution in [3.05, 3.63) is 35.2 Å². The van der Waals surface area contributed by atoms with Gasteiger partial charge in [0.15, 0.2) is 5.82 Å². The van der Waals surface area contributed by atoms with E-state index in [-0.39, 0.29) is 6.04 Å². The summed E-state index contributed by atoms with van der Waals surface area (Å²) in [5.74, 6) is 0.977. The zero-order valence-electron chi connectivity index (χ0n) is 17.8. The molecular weight excluding hydrogens is 352 g/mol. The van der Waals surface area contributed by atoms with Gasteiger partial charge in [-0.2, -0.15) is 0 Å². The maximum absolute atomic E-state index is 5.22. The molecule has 0 spiro atoms. The second kappa shape index (κ2) is 9.98. The van der Waals surface area contributed by atoms with Gasteiger partial charge in [-0.3, -0.25) is 4.90 Å². The van der Waals surface area contributed by atoms with Crippen LogP contribution < -0.4 is 4.90 Å². The van der Waals surface area contributed by atoms with Gasteiger partial charge in [0.25, 0.3) is 0 Å². The van der Waals surface area contributed by atoms with Gasteiger partial charge < -0.3 is 9.64 Å². The smallest absolute Gasteiger partial charge is 0.168 e. The summed E-state index contributed by atoms with van der Waals surface area (Å²) in [7, 11) is 1.71. The van der Waals surface area contributed by atoms with Crippen molar-refractivity contribution in [2.24, 2.45) is 0 Å². The molecule has 1 unspecified atom stereocenters. The van der Waals surface area contributed by atoms with E-state index in [1.165, 1.54) is 29.7 Å². The molecule has 0 bridgehead atoms.